The third kappa shape index (κ3) is 2.54. The predicted octanol–water partition coefficient (Wildman–Crippen LogP) is 3.58. The highest BCUT2D eigenvalue weighted by Gasteiger charge is 2.61. The first-order chi connectivity index (χ1) is 12.6. The summed E-state index contributed by atoms with van der Waals surface area (Å²) >= 11 is 0. The van der Waals surface area contributed by atoms with Crippen molar-refractivity contribution in [3.05, 3.63) is 24.3 Å². The summed E-state index contributed by atoms with van der Waals surface area (Å²) in [5.74, 6) is 1.63. The zero-order chi connectivity index (χ0) is 17.8. The van der Waals surface area contributed by atoms with E-state index < -0.39 is 0 Å². The van der Waals surface area contributed by atoms with Gasteiger partial charge >= 0.3 is 0 Å². The normalized spacial score (nSPS) is 39.5. The second kappa shape index (κ2) is 5.93. The lowest BCUT2D eigenvalue weighted by Crippen LogP contribution is -2.61. The van der Waals surface area contributed by atoms with Gasteiger partial charge in [0.2, 0.25) is 5.91 Å². The minimum atomic E-state index is -0.195. The quantitative estimate of drug-likeness (QED) is 0.841. The summed E-state index contributed by atoms with van der Waals surface area (Å²) in [5.41, 5.74) is 1.26. The SMILES string of the molecule is CC(NC(=O)C12CC3CC(C1)CC(n1cncn1)(C3)C2)C1=CCCCC1. The van der Waals surface area contributed by atoms with Gasteiger partial charge in [0, 0.05) is 6.04 Å². The van der Waals surface area contributed by atoms with E-state index in [0.717, 1.165) is 25.7 Å². The Labute approximate surface area is 155 Å². The highest BCUT2D eigenvalue weighted by molar-refractivity contribution is 5.84. The molecule has 1 aromatic rings. The monoisotopic (exact) mass is 354 g/mol. The lowest BCUT2D eigenvalue weighted by molar-refractivity contribution is -0.156. The van der Waals surface area contributed by atoms with E-state index in [1.165, 1.54) is 44.1 Å². The number of carbonyl (C=O) groups is 1. The van der Waals surface area contributed by atoms with Crippen molar-refractivity contribution in [1.29, 1.82) is 0 Å². The van der Waals surface area contributed by atoms with Gasteiger partial charge in [-0.05, 0) is 83.0 Å². The number of aromatic nitrogens is 3. The molecule has 1 N–H and O–H groups in total. The molecule has 3 unspecified atom stereocenters. The predicted molar refractivity (Wildman–Crippen MR) is 99.3 cm³/mol. The van der Waals surface area contributed by atoms with Gasteiger partial charge in [0.15, 0.2) is 0 Å². The molecule has 6 rings (SSSR count). The molecule has 26 heavy (non-hydrogen) atoms. The third-order valence-corrected chi connectivity index (χ3v) is 7.65. The van der Waals surface area contributed by atoms with E-state index >= 15 is 0 Å². The summed E-state index contributed by atoms with van der Waals surface area (Å²) in [6, 6.07) is 0.179. The Kier molecular flexibility index (Phi) is 3.77. The van der Waals surface area contributed by atoms with E-state index in [1.54, 1.807) is 6.33 Å². The molecular formula is C21H30N4O. The number of nitrogens with one attached hydrogen (secondary N) is 1. The average molecular weight is 354 g/mol. The number of hydrogen-bond donors (Lipinski definition) is 1. The number of carbonyl (C=O) groups excluding carboxylic acids is 1. The smallest absolute Gasteiger partial charge is 0.226 e. The van der Waals surface area contributed by atoms with Gasteiger partial charge in [-0.15, -0.1) is 0 Å². The molecule has 1 amide bonds. The lowest BCUT2D eigenvalue weighted by atomic mass is 9.46. The fourth-order valence-corrected chi connectivity index (χ4v) is 6.90. The van der Waals surface area contributed by atoms with Gasteiger partial charge in [0.1, 0.15) is 12.7 Å². The van der Waals surface area contributed by atoms with Crippen LogP contribution in [0.3, 0.4) is 0 Å². The van der Waals surface area contributed by atoms with Crippen molar-refractivity contribution in [2.24, 2.45) is 17.3 Å². The van der Waals surface area contributed by atoms with E-state index in [-0.39, 0.29) is 17.0 Å². The molecule has 5 aliphatic carbocycles. The van der Waals surface area contributed by atoms with E-state index in [1.807, 2.05) is 6.33 Å². The van der Waals surface area contributed by atoms with Crippen LogP contribution in [0, 0.1) is 17.3 Å². The zero-order valence-corrected chi connectivity index (χ0v) is 15.8. The summed E-state index contributed by atoms with van der Waals surface area (Å²) in [6.07, 6.45) is 17.4. The molecule has 4 saturated carbocycles. The summed E-state index contributed by atoms with van der Waals surface area (Å²) in [4.78, 5) is 17.7. The Balaban J connectivity index is 1.39. The van der Waals surface area contributed by atoms with Crippen molar-refractivity contribution in [2.75, 3.05) is 0 Å². The summed E-state index contributed by atoms with van der Waals surface area (Å²) < 4.78 is 2.08. The van der Waals surface area contributed by atoms with Crippen LogP contribution in [0.1, 0.15) is 71.1 Å². The van der Waals surface area contributed by atoms with Crippen LogP contribution in [0.4, 0.5) is 0 Å². The Morgan fingerprint density at radius 1 is 1.27 bits per heavy atom. The van der Waals surface area contributed by atoms with Crippen molar-refractivity contribution >= 4 is 5.91 Å². The summed E-state index contributed by atoms with van der Waals surface area (Å²) in [7, 11) is 0. The van der Waals surface area contributed by atoms with Crippen LogP contribution in [0.5, 0.6) is 0 Å². The lowest BCUT2D eigenvalue weighted by Gasteiger charge is -2.61. The molecule has 5 heteroatoms. The number of allylic oxidation sites excluding steroid dienone is 1. The molecule has 5 nitrogen and oxygen atoms in total. The Morgan fingerprint density at radius 3 is 2.73 bits per heavy atom. The molecule has 5 aliphatic rings. The molecule has 1 aromatic heterocycles. The van der Waals surface area contributed by atoms with Gasteiger partial charge in [0.05, 0.1) is 11.0 Å². The largest absolute Gasteiger partial charge is 0.349 e. The van der Waals surface area contributed by atoms with Gasteiger partial charge in [-0.3, -0.25) is 4.79 Å². The van der Waals surface area contributed by atoms with Crippen LogP contribution < -0.4 is 5.32 Å². The number of nitrogens with zero attached hydrogens (tertiary/aromatic N) is 3. The zero-order valence-electron chi connectivity index (χ0n) is 15.8. The molecule has 0 radical (unpaired) electrons. The average Bonchev–Trinajstić information content (AvgIpc) is 3.17. The van der Waals surface area contributed by atoms with Crippen molar-refractivity contribution in [1.82, 2.24) is 20.1 Å². The first kappa shape index (κ1) is 16.5. The van der Waals surface area contributed by atoms with Gasteiger partial charge < -0.3 is 5.32 Å². The van der Waals surface area contributed by atoms with Crippen LogP contribution >= 0.6 is 0 Å². The summed E-state index contributed by atoms with van der Waals surface area (Å²) in [6.45, 7) is 2.17. The molecule has 0 spiro atoms. The minimum absolute atomic E-state index is 0.0191. The second-order valence-electron chi connectivity index (χ2n) is 9.53. The Hall–Kier alpha value is -1.65. The van der Waals surface area contributed by atoms with Gasteiger partial charge in [-0.25, -0.2) is 9.67 Å². The van der Waals surface area contributed by atoms with E-state index in [9.17, 15) is 4.79 Å². The maximum absolute atomic E-state index is 13.5. The molecule has 0 saturated heterocycles. The Morgan fingerprint density at radius 2 is 2.08 bits per heavy atom. The summed E-state index contributed by atoms with van der Waals surface area (Å²) in [5, 5.41) is 7.91. The topological polar surface area (TPSA) is 59.8 Å². The van der Waals surface area contributed by atoms with Crippen molar-refractivity contribution in [2.45, 2.75) is 82.7 Å². The maximum Gasteiger partial charge on any atom is 0.226 e. The number of amides is 1. The van der Waals surface area contributed by atoms with Gasteiger partial charge in [-0.2, -0.15) is 5.10 Å². The fraction of sp³-hybridized carbons (Fsp3) is 0.762. The number of hydrogen-bond acceptors (Lipinski definition) is 3. The van der Waals surface area contributed by atoms with Crippen LogP contribution in [-0.2, 0) is 10.3 Å². The Bertz CT molecular complexity index is 708. The third-order valence-electron chi connectivity index (χ3n) is 7.65. The first-order valence-corrected chi connectivity index (χ1v) is 10.4. The molecule has 0 aliphatic heterocycles. The molecule has 0 aromatic carbocycles. The maximum atomic E-state index is 13.5. The standard InChI is InChI=1S/C21H30N4O/c1-15(18-5-3-2-4-6-18)24-19(26)20-8-16-7-17(9-20)11-21(10-16,12-20)25-14-22-13-23-25/h5,13-17H,2-4,6-12H2,1H3,(H,24,26). The highest BCUT2D eigenvalue weighted by Crippen LogP contribution is 2.64. The van der Waals surface area contributed by atoms with Crippen LogP contribution in [-0.4, -0.2) is 26.7 Å². The van der Waals surface area contributed by atoms with E-state index in [4.69, 9.17) is 0 Å². The van der Waals surface area contributed by atoms with E-state index in [0.29, 0.717) is 17.7 Å². The molecule has 3 atom stereocenters. The molecule has 4 fully saturated rings. The van der Waals surface area contributed by atoms with Gasteiger partial charge in [-0.1, -0.05) is 11.6 Å². The van der Waals surface area contributed by atoms with Crippen LogP contribution in [0.15, 0.2) is 24.3 Å². The number of rotatable bonds is 4. The first-order valence-electron chi connectivity index (χ1n) is 10.4. The van der Waals surface area contributed by atoms with Crippen LogP contribution in [0.25, 0.3) is 0 Å². The second-order valence-corrected chi connectivity index (χ2v) is 9.53. The van der Waals surface area contributed by atoms with Gasteiger partial charge in [0.25, 0.3) is 0 Å². The minimum Gasteiger partial charge on any atom is -0.349 e. The van der Waals surface area contributed by atoms with Crippen molar-refractivity contribution < 1.29 is 4.79 Å². The van der Waals surface area contributed by atoms with Crippen molar-refractivity contribution in [3.63, 3.8) is 0 Å². The van der Waals surface area contributed by atoms with Crippen molar-refractivity contribution in [3.8, 4) is 0 Å². The molecule has 1 heterocycles. The van der Waals surface area contributed by atoms with E-state index in [2.05, 4.69) is 33.1 Å². The highest BCUT2D eigenvalue weighted by atomic mass is 16.2. The fourth-order valence-electron chi connectivity index (χ4n) is 6.90. The molecule has 4 bridgehead atoms. The van der Waals surface area contributed by atoms with Crippen LogP contribution in [0.2, 0.25) is 0 Å². The molecule has 140 valence electrons. The molecular weight excluding hydrogens is 324 g/mol.